The van der Waals surface area contributed by atoms with Crippen LogP contribution in [0.4, 0.5) is 0 Å². The predicted octanol–water partition coefficient (Wildman–Crippen LogP) is 7.53. The molecule has 0 N–H and O–H groups in total. The molecule has 0 aliphatic heterocycles. The fraction of sp³-hybridized carbons (Fsp3) is 0.345. The molecule has 0 unspecified atom stereocenters. The number of hydrogen-bond donors (Lipinski definition) is 0. The molecule has 0 saturated heterocycles. The highest BCUT2D eigenvalue weighted by Crippen LogP contribution is 2.25. The van der Waals surface area contributed by atoms with Crippen LogP contribution in [0.3, 0.4) is 0 Å². The van der Waals surface area contributed by atoms with Crippen molar-refractivity contribution in [1.29, 1.82) is 0 Å². The molecule has 3 aromatic carbocycles. The highest BCUT2D eigenvalue weighted by Gasteiger charge is 2.10. The van der Waals surface area contributed by atoms with Crippen LogP contribution >= 0.6 is 0 Å². The van der Waals surface area contributed by atoms with E-state index in [-0.39, 0.29) is 0 Å². The summed E-state index contributed by atoms with van der Waals surface area (Å²) in [6.07, 6.45) is 7.39. The van der Waals surface area contributed by atoms with Crippen LogP contribution < -0.4 is 14.2 Å². The summed E-state index contributed by atoms with van der Waals surface area (Å²) in [4.78, 5) is 12.5. The summed E-state index contributed by atoms with van der Waals surface area (Å²) in [5.74, 6) is 1.64. The van der Waals surface area contributed by atoms with Crippen LogP contribution in [0, 0.1) is 6.92 Å². The van der Waals surface area contributed by atoms with Gasteiger partial charge in [-0.3, -0.25) is 0 Å². The Kier molecular flexibility index (Phi) is 9.84. The second-order valence-electron chi connectivity index (χ2n) is 8.23. The summed E-state index contributed by atoms with van der Waals surface area (Å²) in [5, 5.41) is 0. The number of carbonyl (C=O) groups is 1. The normalized spacial score (nSPS) is 10.6. The number of aryl methyl sites for hydroxylation is 1. The molecule has 0 spiro atoms. The molecule has 0 aromatic heterocycles. The third-order valence-corrected chi connectivity index (χ3v) is 5.45. The maximum Gasteiger partial charge on any atom is 0.343 e. The monoisotopic (exact) mass is 446 g/mol. The van der Waals surface area contributed by atoms with Gasteiger partial charge in [0.1, 0.15) is 23.9 Å². The summed E-state index contributed by atoms with van der Waals surface area (Å²) >= 11 is 0. The molecule has 0 saturated carbocycles. The van der Waals surface area contributed by atoms with Gasteiger partial charge in [0.25, 0.3) is 0 Å². The van der Waals surface area contributed by atoms with Crippen LogP contribution in [0.1, 0.15) is 66.9 Å². The Labute approximate surface area is 197 Å². The van der Waals surface area contributed by atoms with Crippen molar-refractivity contribution in [3.8, 4) is 17.2 Å². The van der Waals surface area contributed by atoms with Crippen molar-refractivity contribution in [2.75, 3.05) is 6.61 Å². The Hall–Kier alpha value is -3.27. The van der Waals surface area contributed by atoms with Gasteiger partial charge in [0.2, 0.25) is 0 Å². The van der Waals surface area contributed by atoms with Crippen molar-refractivity contribution in [2.45, 2.75) is 59.0 Å². The summed E-state index contributed by atoms with van der Waals surface area (Å²) in [6.45, 7) is 5.36. The van der Waals surface area contributed by atoms with E-state index in [2.05, 4.69) is 6.92 Å². The Morgan fingerprint density at radius 3 is 2.18 bits per heavy atom. The van der Waals surface area contributed by atoms with Crippen molar-refractivity contribution in [2.24, 2.45) is 0 Å². The first-order chi connectivity index (χ1) is 16.2. The number of unbranched alkanes of at least 4 members (excludes halogenated alkanes) is 5. The van der Waals surface area contributed by atoms with Gasteiger partial charge in [-0.1, -0.05) is 69.4 Å². The number of esters is 1. The van der Waals surface area contributed by atoms with Crippen molar-refractivity contribution in [3.05, 3.63) is 89.5 Å². The van der Waals surface area contributed by atoms with Crippen LogP contribution in [0.25, 0.3) is 0 Å². The van der Waals surface area contributed by atoms with Crippen LogP contribution in [-0.4, -0.2) is 12.6 Å². The number of hydrogen-bond acceptors (Lipinski definition) is 4. The lowest BCUT2D eigenvalue weighted by Gasteiger charge is -2.11. The van der Waals surface area contributed by atoms with Gasteiger partial charge < -0.3 is 14.2 Å². The summed E-state index contributed by atoms with van der Waals surface area (Å²) in [5.41, 5.74) is 2.51. The first-order valence-corrected chi connectivity index (χ1v) is 11.9. The molecule has 0 aliphatic carbocycles. The standard InChI is InChI=1S/C29H34O4/c1-3-4-5-6-7-11-20-31-26-16-14-25(15-17-26)29(30)33-27-18-19-28(23(2)21-27)32-22-24-12-9-8-10-13-24/h8-10,12-19,21H,3-7,11,20,22H2,1-2H3. The second-order valence-corrected chi connectivity index (χ2v) is 8.23. The molecule has 0 atom stereocenters. The summed E-state index contributed by atoms with van der Waals surface area (Å²) < 4.78 is 17.2. The van der Waals surface area contributed by atoms with Gasteiger partial charge in [0.15, 0.2) is 0 Å². The van der Waals surface area contributed by atoms with E-state index in [4.69, 9.17) is 14.2 Å². The summed E-state index contributed by atoms with van der Waals surface area (Å²) in [7, 11) is 0. The lowest BCUT2D eigenvalue weighted by molar-refractivity contribution is 0.0734. The second kappa shape index (κ2) is 13.3. The molecule has 0 heterocycles. The average Bonchev–Trinajstić information content (AvgIpc) is 2.84. The van der Waals surface area contributed by atoms with Gasteiger partial charge in [-0.25, -0.2) is 4.79 Å². The van der Waals surface area contributed by atoms with Crippen molar-refractivity contribution in [1.82, 2.24) is 0 Å². The molecule has 0 fully saturated rings. The maximum absolute atomic E-state index is 12.5. The number of benzene rings is 3. The highest BCUT2D eigenvalue weighted by molar-refractivity contribution is 5.91. The average molecular weight is 447 g/mol. The molecular formula is C29H34O4. The number of carbonyl (C=O) groups excluding carboxylic acids is 1. The Balaban J connectivity index is 1.45. The molecule has 0 aliphatic rings. The third kappa shape index (κ3) is 8.30. The highest BCUT2D eigenvalue weighted by atomic mass is 16.5. The topological polar surface area (TPSA) is 44.8 Å². The first kappa shape index (κ1) is 24.4. The number of rotatable bonds is 13. The molecule has 0 amide bonds. The smallest absolute Gasteiger partial charge is 0.343 e. The van der Waals surface area contributed by atoms with Gasteiger partial charge in [-0.2, -0.15) is 0 Å². The van der Waals surface area contributed by atoms with E-state index in [0.717, 1.165) is 29.0 Å². The fourth-order valence-electron chi connectivity index (χ4n) is 3.51. The minimum atomic E-state index is -0.394. The molecule has 0 radical (unpaired) electrons. The van der Waals surface area contributed by atoms with Gasteiger partial charge in [0, 0.05) is 0 Å². The lowest BCUT2D eigenvalue weighted by atomic mass is 10.1. The predicted molar refractivity (Wildman–Crippen MR) is 132 cm³/mol. The largest absolute Gasteiger partial charge is 0.494 e. The zero-order valence-corrected chi connectivity index (χ0v) is 19.7. The Morgan fingerprint density at radius 2 is 1.45 bits per heavy atom. The molecular weight excluding hydrogens is 412 g/mol. The van der Waals surface area contributed by atoms with E-state index in [0.29, 0.717) is 24.5 Å². The minimum Gasteiger partial charge on any atom is -0.494 e. The van der Waals surface area contributed by atoms with Gasteiger partial charge in [0.05, 0.1) is 12.2 Å². The quantitative estimate of drug-likeness (QED) is 0.155. The minimum absolute atomic E-state index is 0.394. The molecule has 0 bridgehead atoms. The SMILES string of the molecule is CCCCCCCCOc1ccc(C(=O)Oc2ccc(OCc3ccccc3)c(C)c2)cc1. The van der Waals surface area contributed by atoms with Crippen molar-refractivity contribution >= 4 is 5.97 Å². The van der Waals surface area contributed by atoms with Crippen molar-refractivity contribution in [3.63, 3.8) is 0 Å². The van der Waals surface area contributed by atoms with E-state index < -0.39 is 5.97 Å². The van der Waals surface area contributed by atoms with Crippen LogP contribution in [-0.2, 0) is 6.61 Å². The van der Waals surface area contributed by atoms with Crippen LogP contribution in [0.5, 0.6) is 17.2 Å². The molecule has 4 nitrogen and oxygen atoms in total. The van der Waals surface area contributed by atoms with Gasteiger partial charge in [-0.05, 0) is 66.9 Å². The van der Waals surface area contributed by atoms with E-state index in [1.54, 1.807) is 18.2 Å². The van der Waals surface area contributed by atoms with Gasteiger partial charge >= 0.3 is 5.97 Å². The molecule has 3 rings (SSSR count). The molecule has 174 valence electrons. The van der Waals surface area contributed by atoms with Crippen molar-refractivity contribution < 1.29 is 19.0 Å². The van der Waals surface area contributed by atoms with Crippen LogP contribution in [0.15, 0.2) is 72.8 Å². The number of ether oxygens (including phenoxy) is 3. The zero-order chi connectivity index (χ0) is 23.3. The van der Waals surface area contributed by atoms with Crippen LogP contribution in [0.2, 0.25) is 0 Å². The fourth-order valence-corrected chi connectivity index (χ4v) is 3.51. The van der Waals surface area contributed by atoms with E-state index in [1.165, 1.54) is 32.1 Å². The molecule has 33 heavy (non-hydrogen) atoms. The molecule has 3 aromatic rings. The molecule has 4 heteroatoms. The Morgan fingerprint density at radius 1 is 0.758 bits per heavy atom. The van der Waals surface area contributed by atoms with E-state index in [1.807, 2.05) is 61.5 Å². The maximum atomic E-state index is 12.5. The lowest BCUT2D eigenvalue weighted by Crippen LogP contribution is -2.08. The third-order valence-electron chi connectivity index (χ3n) is 5.45. The summed E-state index contributed by atoms with van der Waals surface area (Å²) in [6, 6.07) is 22.5. The van der Waals surface area contributed by atoms with Gasteiger partial charge in [-0.15, -0.1) is 0 Å². The first-order valence-electron chi connectivity index (χ1n) is 11.9. The zero-order valence-electron chi connectivity index (χ0n) is 19.7. The Bertz CT molecular complexity index is 980. The van der Waals surface area contributed by atoms with E-state index in [9.17, 15) is 4.79 Å². The van der Waals surface area contributed by atoms with E-state index >= 15 is 0 Å².